The van der Waals surface area contributed by atoms with Crippen LogP contribution in [0.5, 0.6) is 11.5 Å². The Morgan fingerprint density at radius 2 is 1.73 bits per heavy atom. The summed E-state index contributed by atoms with van der Waals surface area (Å²) in [5.74, 6) is 1.35. The van der Waals surface area contributed by atoms with Crippen molar-refractivity contribution in [2.75, 3.05) is 44.8 Å². The number of piperazine rings is 1. The number of ether oxygens (including phenoxy) is 2. The first-order valence-electron chi connectivity index (χ1n) is 14.4. The van der Waals surface area contributed by atoms with E-state index in [4.69, 9.17) is 13.9 Å². The van der Waals surface area contributed by atoms with Crippen LogP contribution in [-0.4, -0.2) is 64.7 Å². The van der Waals surface area contributed by atoms with Gasteiger partial charge in [0.25, 0.3) is 5.69 Å². The lowest BCUT2D eigenvalue weighted by Gasteiger charge is -2.35. The molecule has 6 rings (SSSR count). The monoisotopic (exact) mass is 596 g/mol. The van der Waals surface area contributed by atoms with Gasteiger partial charge in [0, 0.05) is 75.8 Å². The smallest absolute Gasteiger partial charge is 0.269 e. The highest BCUT2D eigenvalue weighted by atomic mass is 16.6. The van der Waals surface area contributed by atoms with Crippen LogP contribution in [0.15, 0.2) is 88.4 Å². The fourth-order valence-electron chi connectivity index (χ4n) is 5.28. The van der Waals surface area contributed by atoms with Gasteiger partial charge in [-0.1, -0.05) is 17.3 Å². The van der Waals surface area contributed by atoms with E-state index in [1.807, 2.05) is 35.1 Å². The predicted molar refractivity (Wildman–Crippen MR) is 165 cm³/mol. The molecule has 1 saturated heterocycles. The second kappa shape index (κ2) is 13.0. The number of anilines is 1. The van der Waals surface area contributed by atoms with Crippen molar-refractivity contribution in [3.05, 3.63) is 105 Å². The molecule has 0 saturated carbocycles. The Kier molecular flexibility index (Phi) is 8.50. The molecule has 0 atom stereocenters. The van der Waals surface area contributed by atoms with E-state index in [1.165, 1.54) is 6.26 Å². The van der Waals surface area contributed by atoms with Crippen molar-refractivity contribution in [1.82, 2.24) is 19.9 Å². The molecule has 1 aliphatic rings. The third kappa shape index (κ3) is 6.55. The fraction of sp³-hybridized carbons (Fsp3) is 0.281. The summed E-state index contributed by atoms with van der Waals surface area (Å²) in [6.45, 7) is 5.26. The highest BCUT2D eigenvalue weighted by molar-refractivity contribution is 5.82. The molecule has 12 nitrogen and oxygen atoms in total. The van der Waals surface area contributed by atoms with E-state index in [0.717, 1.165) is 55.3 Å². The molecule has 3 heterocycles. The zero-order chi connectivity index (χ0) is 30.5. The third-order valence-electron chi connectivity index (χ3n) is 7.72. The van der Waals surface area contributed by atoms with Crippen molar-refractivity contribution in [1.29, 1.82) is 0 Å². The first kappa shape index (κ1) is 28.9. The normalized spacial score (nSPS) is 13.7. The van der Waals surface area contributed by atoms with Crippen LogP contribution in [0.25, 0.3) is 22.1 Å². The quantitative estimate of drug-likeness (QED) is 0.120. The number of non-ortho nitro benzene ring substituents is 1. The third-order valence-corrected chi connectivity index (χ3v) is 7.72. The summed E-state index contributed by atoms with van der Waals surface area (Å²) in [6, 6.07) is 19.3. The van der Waals surface area contributed by atoms with E-state index in [0.29, 0.717) is 42.0 Å². The summed E-state index contributed by atoms with van der Waals surface area (Å²) in [6.07, 6.45) is 4.18. The highest BCUT2D eigenvalue weighted by Gasteiger charge is 2.19. The molecule has 2 aromatic heterocycles. The maximum absolute atomic E-state index is 13.1. The van der Waals surface area contributed by atoms with Gasteiger partial charge in [0.1, 0.15) is 23.3 Å². The molecule has 0 bridgehead atoms. The van der Waals surface area contributed by atoms with Gasteiger partial charge in [-0.15, -0.1) is 5.10 Å². The van der Waals surface area contributed by atoms with Crippen molar-refractivity contribution >= 4 is 22.3 Å². The molecule has 0 aliphatic carbocycles. The number of nitro benzene ring substituents is 1. The highest BCUT2D eigenvalue weighted by Crippen LogP contribution is 2.25. The number of aryl methyl sites for hydroxylation is 1. The summed E-state index contributed by atoms with van der Waals surface area (Å²) in [5.41, 5.74) is 3.64. The maximum atomic E-state index is 13.1. The molecule has 1 aliphatic heterocycles. The molecule has 0 N–H and O–H groups in total. The molecule has 0 unspecified atom stereocenters. The molecule has 3 aromatic carbocycles. The molecule has 0 amide bonds. The van der Waals surface area contributed by atoms with E-state index in [-0.39, 0.29) is 16.0 Å². The minimum atomic E-state index is -0.381. The summed E-state index contributed by atoms with van der Waals surface area (Å²) < 4.78 is 18.7. The van der Waals surface area contributed by atoms with Crippen LogP contribution >= 0.6 is 0 Å². The van der Waals surface area contributed by atoms with E-state index in [2.05, 4.69) is 20.1 Å². The lowest BCUT2D eigenvalue weighted by molar-refractivity contribution is -0.384. The van der Waals surface area contributed by atoms with Crippen molar-refractivity contribution in [3.8, 4) is 22.6 Å². The van der Waals surface area contributed by atoms with Crippen LogP contribution < -0.4 is 19.8 Å². The summed E-state index contributed by atoms with van der Waals surface area (Å²) in [5, 5.41) is 20.0. The number of nitrogens with zero attached hydrogens (tertiary/aromatic N) is 6. The van der Waals surface area contributed by atoms with Crippen LogP contribution in [0.3, 0.4) is 0 Å². The van der Waals surface area contributed by atoms with Gasteiger partial charge in [-0.3, -0.25) is 24.5 Å². The van der Waals surface area contributed by atoms with E-state index in [1.54, 1.807) is 49.6 Å². The second-order valence-corrected chi connectivity index (χ2v) is 10.6. The summed E-state index contributed by atoms with van der Waals surface area (Å²) in [4.78, 5) is 28.2. The molecule has 0 spiro atoms. The SMILES string of the molecule is COc1ccc(-c2coc3cc(OCCCn4cc(CN5CCN(c6ccc([N+](=O)[O-])cc6)CC5)nn4)ccc3c2=O)cc1. The van der Waals surface area contributed by atoms with Crippen LogP contribution in [0.2, 0.25) is 0 Å². The number of fused-ring (bicyclic) bond motifs is 1. The van der Waals surface area contributed by atoms with Crippen molar-refractivity contribution in [2.45, 2.75) is 19.5 Å². The van der Waals surface area contributed by atoms with Gasteiger partial charge in [0.05, 0.1) is 35.3 Å². The average molecular weight is 597 g/mol. The molecule has 44 heavy (non-hydrogen) atoms. The number of nitro groups is 1. The lowest BCUT2D eigenvalue weighted by Crippen LogP contribution is -2.46. The van der Waals surface area contributed by atoms with E-state index < -0.39 is 0 Å². The van der Waals surface area contributed by atoms with Crippen LogP contribution in [0.1, 0.15) is 12.1 Å². The summed E-state index contributed by atoms with van der Waals surface area (Å²) in [7, 11) is 1.60. The second-order valence-electron chi connectivity index (χ2n) is 10.6. The number of aromatic nitrogens is 3. The fourth-order valence-corrected chi connectivity index (χ4v) is 5.28. The van der Waals surface area contributed by atoms with Crippen LogP contribution in [0.4, 0.5) is 11.4 Å². The van der Waals surface area contributed by atoms with Crippen LogP contribution in [-0.2, 0) is 13.1 Å². The lowest BCUT2D eigenvalue weighted by atomic mass is 10.1. The first-order chi connectivity index (χ1) is 21.5. The molecular formula is C32H32N6O6. The Bertz CT molecular complexity index is 1790. The summed E-state index contributed by atoms with van der Waals surface area (Å²) >= 11 is 0. The Morgan fingerprint density at radius 3 is 2.45 bits per heavy atom. The topological polar surface area (TPSA) is 129 Å². The van der Waals surface area contributed by atoms with Gasteiger partial charge < -0.3 is 18.8 Å². The molecule has 1 fully saturated rings. The molecule has 226 valence electrons. The Morgan fingerprint density at radius 1 is 0.977 bits per heavy atom. The van der Waals surface area contributed by atoms with Crippen molar-refractivity contribution < 1.29 is 18.8 Å². The number of benzene rings is 3. The standard InChI is InChI=1S/C32H32N6O6/c1-42-27-9-3-23(4-10-27)30-22-44-31-19-28(11-12-29(31)32(30)39)43-18-2-13-37-21-24(33-34-37)20-35-14-16-36(17-15-35)25-5-7-26(8-6-25)38(40)41/h3-12,19,21-22H,2,13-18,20H2,1H3. The minimum absolute atomic E-state index is 0.101. The van der Waals surface area contributed by atoms with Gasteiger partial charge in [-0.25, -0.2) is 0 Å². The molecule has 0 radical (unpaired) electrons. The van der Waals surface area contributed by atoms with Gasteiger partial charge in [-0.2, -0.15) is 0 Å². The Balaban J connectivity index is 0.959. The number of methoxy groups -OCH3 is 1. The largest absolute Gasteiger partial charge is 0.497 e. The van der Waals surface area contributed by atoms with Gasteiger partial charge in [0.2, 0.25) is 0 Å². The molecular weight excluding hydrogens is 564 g/mol. The zero-order valence-corrected chi connectivity index (χ0v) is 24.3. The van der Waals surface area contributed by atoms with Crippen molar-refractivity contribution in [3.63, 3.8) is 0 Å². The predicted octanol–water partition coefficient (Wildman–Crippen LogP) is 4.76. The first-order valence-corrected chi connectivity index (χ1v) is 14.4. The van der Waals surface area contributed by atoms with Gasteiger partial charge >= 0.3 is 0 Å². The van der Waals surface area contributed by atoms with Gasteiger partial charge in [-0.05, 0) is 42.0 Å². The Hall–Kier alpha value is -5.23. The molecule has 12 heteroatoms. The van der Waals surface area contributed by atoms with Gasteiger partial charge in [0.15, 0.2) is 5.43 Å². The molecule has 5 aromatic rings. The number of hydrogen-bond donors (Lipinski definition) is 0. The Labute approximate surface area is 253 Å². The van der Waals surface area contributed by atoms with E-state index >= 15 is 0 Å². The minimum Gasteiger partial charge on any atom is -0.497 e. The van der Waals surface area contributed by atoms with E-state index in [9.17, 15) is 14.9 Å². The number of hydrogen-bond acceptors (Lipinski definition) is 10. The van der Waals surface area contributed by atoms with Crippen LogP contribution in [0, 0.1) is 10.1 Å². The zero-order valence-electron chi connectivity index (χ0n) is 24.3. The average Bonchev–Trinajstić information content (AvgIpc) is 3.50. The number of rotatable bonds is 11. The maximum Gasteiger partial charge on any atom is 0.269 e. The van der Waals surface area contributed by atoms with Crippen molar-refractivity contribution in [2.24, 2.45) is 0 Å².